The predicted octanol–water partition coefficient (Wildman–Crippen LogP) is 5.95. The molecule has 0 saturated heterocycles. The van der Waals surface area contributed by atoms with Crippen molar-refractivity contribution in [1.82, 2.24) is 14.8 Å². The maximum atomic E-state index is 12.4. The number of amides is 2. The Balaban J connectivity index is 1.52. The van der Waals surface area contributed by atoms with E-state index in [-0.39, 0.29) is 6.03 Å². The zero-order valence-electron chi connectivity index (χ0n) is 17.5. The van der Waals surface area contributed by atoms with Crippen LogP contribution in [0.4, 0.5) is 16.2 Å². The van der Waals surface area contributed by atoms with Gasteiger partial charge >= 0.3 is 6.03 Å². The van der Waals surface area contributed by atoms with Crippen molar-refractivity contribution < 1.29 is 4.79 Å². The van der Waals surface area contributed by atoms with Crippen molar-refractivity contribution in [2.45, 2.75) is 0 Å². The molecule has 0 bridgehead atoms. The molecule has 0 aliphatic carbocycles. The van der Waals surface area contributed by atoms with Crippen LogP contribution >= 0.6 is 0 Å². The quantitative estimate of drug-likeness (QED) is 0.378. The lowest BCUT2D eigenvalue weighted by atomic mass is 9.97. The van der Waals surface area contributed by atoms with Gasteiger partial charge in [0.25, 0.3) is 0 Å². The van der Waals surface area contributed by atoms with Gasteiger partial charge in [0.2, 0.25) is 0 Å². The first-order chi connectivity index (χ1) is 15.7. The van der Waals surface area contributed by atoms with Crippen LogP contribution in [0.15, 0.2) is 97.3 Å². The van der Waals surface area contributed by atoms with Gasteiger partial charge in [0.15, 0.2) is 0 Å². The number of aromatic nitrogens is 3. The lowest BCUT2D eigenvalue weighted by Gasteiger charge is -2.13. The molecule has 0 aliphatic rings. The highest BCUT2D eigenvalue weighted by atomic mass is 16.2. The molecule has 5 aromatic rings. The average molecular weight is 419 g/mol. The van der Waals surface area contributed by atoms with Crippen LogP contribution in [0.2, 0.25) is 0 Å². The normalized spacial score (nSPS) is 10.8. The summed E-state index contributed by atoms with van der Waals surface area (Å²) in [6, 6.07) is 27.9. The summed E-state index contributed by atoms with van der Waals surface area (Å²) in [4.78, 5) is 17.4. The largest absolute Gasteiger partial charge is 0.323 e. The van der Waals surface area contributed by atoms with Crippen molar-refractivity contribution in [2.75, 3.05) is 10.6 Å². The molecular formula is C26H21N5O. The molecule has 5 rings (SSSR count). The maximum Gasteiger partial charge on any atom is 0.323 e. The molecular weight excluding hydrogens is 398 g/mol. The van der Waals surface area contributed by atoms with E-state index in [4.69, 9.17) is 4.98 Å². The summed E-state index contributed by atoms with van der Waals surface area (Å²) in [7, 11) is 1.80. The molecule has 0 unspecified atom stereocenters. The summed E-state index contributed by atoms with van der Waals surface area (Å²) in [6.07, 6.45) is 3.34. The summed E-state index contributed by atoms with van der Waals surface area (Å²) >= 11 is 0. The first kappa shape index (κ1) is 19.5. The number of nitrogens with zero attached hydrogens (tertiary/aromatic N) is 3. The minimum absolute atomic E-state index is 0.325. The van der Waals surface area contributed by atoms with Crippen LogP contribution in [0.5, 0.6) is 0 Å². The molecule has 0 spiro atoms. The van der Waals surface area contributed by atoms with E-state index in [0.717, 1.165) is 33.3 Å². The number of urea groups is 1. The molecule has 32 heavy (non-hydrogen) atoms. The van der Waals surface area contributed by atoms with Gasteiger partial charge in [0, 0.05) is 35.4 Å². The smallest absolute Gasteiger partial charge is 0.308 e. The molecule has 6 heteroatoms. The van der Waals surface area contributed by atoms with Crippen molar-refractivity contribution in [3.8, 4) is 22.4 Å². The molecule has 0 fully saturated rings. The SMILES string of the molecule is Cn1cc(NC(=O)Nc2ccc3nc(-c4ccccc4)c(-c4ccccc4)cc3c2)cn1. The van der Waals surface area contributed by atoms with E-state index < -0.39 is 0 Å². The highest BCUT2D eigenvalue weighted by molar-refractivity contribution is 6.01. The molecule has 2 aromatic heterocycles. The maximum absolute atomic E-state index is 12.4. The van der Waals surface area contributed by atoms with Crippen molar-refractivity contribution in [1.29, 1.82) is 0 Å². The topological polar surface area (TPSA) is 71.8 Å². The van der Waals surface area contributed by atoms with Crippen molar-refractivity contribution in [3.63, 3.8) is 0 Å². The number of rotatable bonds is 4. The minimum Gasteiger partial charge on any atom is -0.308 e. The minimum atomic E-state index is -0.325. The van der Waals surface area contributed by atoms with Crippen molar-refractivity contribution in [2.24, 2.45) is 7.05 Å². The van der Waals surface area contributed by atoms with Gasteiger partial charge in [0.05, 0.1) is 23.1 Å². The van der Waals surface area contributed by atoms with E-state index in [0.29, 0.717) is 11.4 Å². The lowest BCUT2D eigenvalue weighted by Crippen LogP contribution is -2.19. The number of pyridine rings is 1. The molecule has 0 aliphatic heterocycles. The van der Waals surface area contributed by atoms with Crippen molar-refractivity contribution in [3.05, 3.63) is 97.3 Å². The third kappa shape index (κ3) is 4.06. The van der Waals surface area contributed by atoms with Crippen LogP contribution in [-0.2, 0) is 7.05 Å². The lowest BCUT2D eigenvalue weighted by molar-refractivity contribution is 0.262. The molecule has 156 valence electrons. The fraction of sp³-hybridized carbons (Fsp3) is 0.0385. The molecule has 0 atom stereocenters. The van der Waals surface area contributed by atoms with E-state index >= 15 is 0 Å². The summed E-state index contributed by atoms with van der Waals surface area (Å²) in [5.74, 6) is 0. The van der Waals surface area contributed by atoms with Crippen LogP contribution in [0.25, 0.3) is 33.3 Å². The zero-order valence-corrected chi connectivity index (χ0v) is 17.5. The van der Waals surface area contributed by atoms with Crippen LogP contribution in [0.1, 0.15) is 0 Å². The van der Waals surface area contributed by atoms with E-state index in [9.17, 15) is 4.79 Å². The van der Waals surface area contributed by atoms with Gasteiger partial charge in [-0.3, -0.25) is 4.68 Å². The molecule has 2 heterocycles. The molecule has 3 aromatic carbocycles. The van der Waals surface area contributed by atoms with Gasteiger partial charge in [-0.1, -0.05) is 60.7 Å². The third-order valence-corrected chi connectivity index (χ3v) is 5.17. The van der Waals surface area contributed by atoms with Crippen LogP contribution in [0.3, 0.4) is 0 Å². The second kappa shape index (κ2) is 8.35. The Hall–Kier alpha value is -4.45. The van der Waals surface area contributed by atoms with E-state index in [2.05, 4.69) is 46.1 Å². The Morgan fingerprint density at radius 2 is 1.50 bits per heavy atom. The summed E-state index contributed by atoms with van der Waals surface area (Å²) in [5.41, 5.74) is 6.31. The Labute approximate surface area is 185 Å². The van der Waals surface area contributed by atoms with E-state index in [1.807, 2.05) is 54.6 Å². The van der Waals surface area contributed by atoms with Crippen molar-refractivity contribution >= 4 is 28.3 Å². The van der Waals surface area contributed by atoms with E-state index in [1.165, 1.54) is 0 Å². The number of carbonyl (C=O) groups excluding carboxylic acids is 1. The number of benzene rings is 3. The number of hydrogen-bond donors (Lipinski definition) is 2. The van der Waals surface area contributed by atoms with Crippen LogP contribution in [-0.4, -0.2) is 20.8 Å². The molecule has 0 radical (unpaired) electrons. The number of fused-ring (bicyclic) bond motifs is 1. The molecule has 2 amide bonds. The molecule has 2 N–H and O–H groups in total. The first-order valence-electron chi connectivity index (χ1n) is 10.3. The van der Waals surface area contributed by atoms with Crippen LogP contribution in [0, 0.1) is 0 Å². The first-order valence-corrected chi connectivity index (χ1v) is 10.3. The Morgan fingerprint density at radius 1 is 0.812 bits per heavy atom. The van der Waals surface area contributed by atoms with Gasteiger partial charge in [-0.25, -0.2) is 9.78 Å². The number of anilines is 2. The van der Waals surface area contributed by atoms with E-state index in [1.54, 1.807) is 24.1 Å². The standard InChI is InChI=1S/C26H21N5O/c1-31-17-22(16-27-31)29-26(32)28-21-12-13-24-20(14-21)15-23(18-8-4-2-5-9-18)25(30-24)19-10-6-3-7-11-19/h2-17H,1H3,(H2,28,29,32). The number of hydrogen-bond acceptors (Lipinski definition) is 3. The highest BCUT2D eigenvalue weighted by Gasteiger charge is 2.12. The second-order valence-electron chi connectivity index (χ2n) is 7.51. The molecule has 0 saturated carbocycles. The van der Waals surface area contributed by atoms with Gasteiger partial charge in [-0.2, -0.15) is 5.10 Å². The monoisotopic (exact) mass is 419 g/mol. The Morgan fingerprint density at radius 3 is 2.19 bits per heavy atom. The van der Waals surface area contributed by atoms with Crippen LogP contribution < -0.4 is 10.6 Å². The Bertz CT molecular complexity index is 1390. The average Bonchev–Trinajstić information content (AvgIpc) is 3.23. The fourth-order valence-corrected chi connectivity index (χ4v) is 3.69. The number of aryl methyl sites for hydroxylation is 1. The zero-order chi connectivity index (χ0) is 21.9. The van der Waals surface area contributed by atoms with Gasteiger partial charge < -0.3 is 10.6 Å². The fourth-order valence-electron chi connectivity index (χ4n) is 3.69. The summed E-state index contributed by atoms with van der Waals surface area (Å²) < 4.78 is 1.63. The van der Waals surface area contributed by atoms with Gasteiger partial charge in [0.1, 0.15) is 0 Å². The third-order valence-electron chi connectivity index (χ3n) is 5.17. The summed E-state index contributed by atoms with van der Waals surface area (Å²) in [5, 5.41) is 10.7. The molecule has 6 nitrogen and oxygen atoms in total. The number of nitrogens with one attached hydrogen (secondary N) is 2. The summed E-state index contributed by atoms with van der Waals surface area (Å²) in [6.45, 7) is 0. The highest BCUT2D eigenvalue weighted by Crippen LogP contribution is 2.34. The number of carbonyl (C=O) groups is 1. The Kier molecular flexibility index (Phi) is 5.09. The second-order valence-corrected chi connectivity index (χ2v) is 7.51. The van der Waals surface area contributed by atoms with Gasteiger partial charge in [-0.05, 0) is 29.8 Å². The van der Waals surface area contributed by atoms with Gasteiger partial charge in [-0.15, -0.1) is 0 Å². The predicted molar refractivity (Wildman–Crippen MR) is 128 cm³/mol.